The molecule has 4 heteroatoms. The number of benzene rings is 1. The molecule has 0 aliphatic rings. The van der Waals surface area contributed by atoms with Gasteiger partial charge in [0.05, 0.1) is 6.04 Å². The number of aryl methyl sites for hydroxylation is 1. The topological polar surface area (TPSA) is 29.9 Å². The lowest BCUT2D eigenvalue weighted by atomic mass is 10.1. The first-order valence-electron chi connectivity index (χ1n) is 6.74. The van der Waals surface area contributed by atoms with E-state index < -0.39 is 0 Å². The third-order valence-corrected chi connectivity index (χ3v) is 3.19. The molecule has 0 fully saturated rings. The van der Waals surface area contributed by atoms with Crippen molar-refractivity contribution in [3.05, 3.63) is 48.0 Å². The molecule has 0 aliphatic heterocycles. The van der Waals surface area contributed by atoms with E-state index in [1.54, 1.807) is 18.3 Å². The highest BCUT2D eigenvalue weighted by molar-refractivity contribution is 5.33. The molecule has 19 heavy (non-hydrogen) atoms. The Morgan fingerprint density at radius 3 is 2.89 bits per heavy atom. The molecule has 102 valence electrons. The van der Waals surface area contributed by atoms with Crippen LogP contribution >= 0.6 is 0 Å². The third kappa shape index (κ3) is 3.34. The first-order valence-corrected chi connectivity index (χ1v) is 6.74. The van der Waals surface area contributed by atoms with Gasteiger partial charge in [-0.05, 0) is 19.4 Å². The van der Waals surface area contributed by atoms with E-state index in [9.17, 15) is 4.39 Å². The fourth-order valence-corrected chi connectivity index (χ4v) is 2.06. The molecule has 0 amide bonds. The molecule has 1 atom stereocenters. The van der Waals surface area contributed by atoms with Crippen LogP contribution in [0, 0.1) is 5.82 Å². The molecule has 0 radical (unpaired) electrons. The lowest BCUT2D eigenvalue weighted by Crippen LogP contribution is -2.13. The van der Waals surface area contributed by atoms with E-state index >= 15 is 0 Å². The van der Waals surface area contributed by atoms with E-state index in [2.05, 4.69) is 21.8 Å². The Hall–Kier alpha value is -1.84. The predicted molar refractivity (Wildman–Crippen MR) is 75.6 cm³/mol. The Bertz CT molecular complexity index is 522. The van der Waals surface area contributed by atoms with Gasteiger partial charge in [-0.15, -0.1) is 0 Å². The molecule has 1 N–H and O–H groups in total. The largest absolute Gasteiger partial charge is 0.349 e. The van der Waals surface area contributed by atoms with Crippen LogP contribution in [0.5, 0.6) is 0 Å². The Morgan fingerprint density at radius 1 is 1.37 bits per heavy atom. The molecule has 1 aromatic carbocycles. The van der Waals surface area contributed by atoms with Crippen molar-refractivity contribution in [1.82, 2.24) is 9.55 Å². The average Bonchev–Trinajstić information content (AvgIpc) is 2.84. The summed E-state index contributed by atoms with van der Waals surface area (Å²) < 4.78 is 15.8. The third-order valence-electron chi connectivity index (χ3n) is 3.19. The van der Waals surface area contributed by atoms with Crippen LogP contribution in [0.15, 0.2) is 36.7 Å². The van der Waals surface area contributed by atoms with E-state index in [1.165, 1.54) is 6.07 Å². The van der Waals surface area contributed by atoms with Crippen LogP contribution in [-0.4, -0.2) is 9.55 Å². The highest BCUT2D eigenvalue weighted by atomic mass is 19.1. The second-order valence-corrected chi connectivity index (χ2v) is 4.69. The molecule has 3 nitrogen and oxygen atoms in total. The van der Waals surface area contributed by atoms with Crippen molar-refractivity contribution in [2.75, 3.05) is 5.32 Å². The zero-order valence-corrected chi connectivity index (χ0v) is 11.4. The van der Waals surface area contributed by atoms with Crippen molar-refractivity contribution in [2.24, 2.45) is 0 Å². The number of hydrogen-bond donors (Lipinski definition) is 1. The van der Waals surface area contributed by atoms with Crippen LogP contribution in [0.4, 0.5) is 10.3 Å². The van der Waals surface area contributed by atoms with Crippen LogP contribution < -0.4 is 5.32 Å². The summed E-state index contributed by atoms with van der Waals surface area (Å²) in [6.45, 7) is 5.03. The van der Waals surface area contributed by atoms with Gasteiger partial charge in [0, 0.05) is 24.5 Å². The highest BCUT2D eigenvalue weighted by Crippen LogP contribution is 2.20. The minimum absolute atomic E-state index is 0.107. The first kappa shape index (κ1) is 13.6. The summed E-state index contributed by atoms with van der Waals surface area (Å²) in [6.07, 6.45) is 5.97. The monoisotopic (exact) mass is 261 g/mol. The zero-order valence-electron chi connectivity index (χ0n) is 11.4. The first-order chi connectivity index (χ1) is 9.22. The number of nitrogens with one attached hydrogen (secondary N) is 1. The number of imidazole rings is 1. The molecule has 1 aromatic heterocycles. The second kappa shape index (κ2) is 6.36. The van der Waals surface area contributed by atoms with Crippen molar-refractivity contribution in [3.8, 4) is 0 Å². The second-order valence-electron chi connectivity index (χ2n) is 4.69. The molecule has 0 saturated carbocycles. The summed E-state index contributed by atoms with van der Waals surface area (Å²) in [4.78, 5) is 4.29. The lowest BCUT2D eigenvalue weighted by molar-refractivity contribution is 0.595. The quantitative estimate of drug-likeness (QED) is 0.852. The Labute approximate surface area is 113 Å². The van der Waals surface area contributed by atoms with Crippen LogP contribution in [0.25, 0.3) is 0 Å². The van der Waals surface area contributed by atoms with Crippen molar-refractivity contribution in [1.29, 1.82) is 0 Å². The van der Waals surface area contributed by atoms with Crippen LogP contribution in [-0.2, 0) is 6.54 Å². The minimum atomic E-state index is -0.186. The Balaban J connectivity index is 2.09. The van der Waals surface area contributed by atoms with Crippen molar-refractivity contribution in [3.63, 3.8) is 0 Å². The van der Waals surface area contributed by atoms with E-state index in [4.69, 9.17) is 0 Å². The average molecular weight is 261 g/mol. The van der Waals surface area contributed by atoms with Gasteiger partial charge in [-0.2, -0.15) is 0 Å². The lowest BCUT2D eigenvalue weighted by Gasteiger charge is -2.16. The standard InChI is InChI=1S/C15H20FN3/c1-3-4-10-19-11-9-17-15(19)18-12(2)13-7-5-6-8-14(13)16/h5-9,11-12H,3-4,10H2,1-2H3,(H,17,18). The molecule has 0 bridgehead atoms. The predicted octanol–water partition coefficient (Wildman–Crippen LogP) is 4.00. The minimum Gasteiger partial charge on any atom is -0.349 e. The van der Waals surface area contributed by atoms with Gasteiger partial charge in [0.25, 0.3) is 0 Å². The number of hydrogen-bond acceptors (Lipinski definition) is 2. The van der Waals surface area contributed by atoms with E-state index in [0.29, 0.717) is 5.56 Å². The van der Waals surface area contributed by atoms with Crippen LogP contribution in [0.2, 0.25) is 0 Å². The SMILES string of the molecule is CCCCn1ccnc1NC(C)c1ccccc1F. The van der Waals surface area contributed by atoms with Gasteiger partial charge in [-0.1, -0.05) is 31.5 Å². The number of aromatic nitrogens is 2. The summed E-state index contributed by atoms with van der Waals surface area (Å²) in [5.74, 6) is 0.610. The summed E-state index contributed by atoms with van der Waals surface area (Å²) >= 11 is 0. The fraction of sp³-hybridized carbons (Fsp3) is 0.400. The van der Waals surface area contributed by atoms with E-state index in [-0.39, 0.29) is 11.9 Å². The molecule has 1 heterocycles. The molecule has 0 aliphatic carbocycles. The number of halogens is 1. The van der Waals surface area contributed by atoms with Crippen LogP contribution in [0.3, 0.4) is 0 Å². The fourth-order valence-electron chi connectivity index (χ4n) is 2.06. The molecule has 0 spiro atoms. The number of unbranched alkanes of at least 4 members (excludes halogenated alkanes) is 1. The summed E-state index contributed by atoms with van der Waals surface area (Å²) in [6, 6.07) is 6.72. The molecular formula is C15H20FN3. The van der Waals surface area contributed by atoms with Crippen molar-refractivity contribution >= 4 is 5.95 Å². The van der Waals surface area contributed by atoms with Crippen LogP contribution in [0.1, 0.15) is 38.3 Å². The molecular weight excluding hydrogens is 241 g/mol. The van der Waals surface area contributed by atoms with Gasteiger partial charge in [0.15, 0.2) is 0 Å². The molecule has 1 unspecified atom stereocenters. The molecule has 2 aromatic rings. The van der Waals surface area contributed by atoms with Crippen molar-refractivity contribution in [2.45, 2.75) is 39.3 Å². The van der Waals surface area contributed by atoms with E-state index in [1.807, 2.05) is 19.2 Å². The number of anilines is 1. The van der Waals surface area contributed by atoms with Crippen molar-refractivity contribution < 1.29 is 4.39 Å². The maximum atomic E-state index is 13.7. The van der Waals surface area contributed by atoms with E-state index in [0.717, 1.165) is 25.3 Å². The Kier molecular flexibility index (Phi) is 4.55. The maximum Gasteiger partial charge on any atom is 0.203 e. The molecule has 2 rings (SSSR count). The van der Waals surface area contributed by atoms with Gasteiger partial charge in [-0.3, -0.25) is 0 Å². The summed E-state index contributed by atoms with van der Waals surface area (Å²) in [7, 11) is 0. The summed E-state index contributed by atoms with van der Waals surface area (Å²) in [5.41, 5.74) is 0.660. The van der Waals surface area contributed by atoms with Gasteiger partial charge in [-0.25, -0.2) is 9.37 Å². The Morgan fingerprint density at radius 2 is 2.16 bits per heavy atom. The normalized spacial score (nSPS) is 12.4. The van der Waals surface area contributed by atoms with Gasteiger partial charge in [0.2, 0.25) is 5.95 Å². The number of nitrogens with zero attached hydrogens (tertiary/aromatic N) is 2. The maximum absolute atomic E-state index is 13.7. The van der Waals surface area contributed by atoms with Gasteiger partial charge < -0.3 is 9.88 Å². The summed E-state index contributed by atoms with van der Waals surface area (Å²) in [5, 5.41) is 3.27. The zero-order chi connectivity index (χ0) is 13.7. The number of rotatable bonds is 6. The highest BCUT2D eigenvalue weighted by Gasteiger charge is 2.12. The van der Waals surface area contributed by atoms with Gasteiger partial charge >= 0.3 is 0 Å². The molecule has 0 saturated heterocycles. The smallest absolute Gasteiger partial charge is 0.203 e. The van der Waals surface area contributed by atoms with Gasteiger partial charge in [0.1, 0.15) is 5.82 Å².